The van der Waals surface area contributed by atoms with E-state index in [1.807, 2.05) is 19.2 Å². The van der Waals surface area contributed by atoms with E-state index >= 15 is 0 Å². The largest absolute Gasteiger partial charge is 0.443 e. The van der Waals surface area contributed by atoms with Crippen molar-refractivity contribution < 1.29 is 9.21 Å². The molecule has 1 fully saturated rings. The van der Waals surface area contributed by atoms with Crippen LogP contribution in [0.4, 0.5) is 0 Å². The van der Waals surface area contributed by atoms with Gasteiger partial charge < -0.3 is 14.6 Å². The summed E-state index contributed by atoms with van der Waals surface area (Å²) < 4.78 is 5.22. The summed E-state index contributed by atoms with van der Waals surface area (Å²) in [6.45, 7) is 2.57. The van der Waals surface area contributed by atoms with Crippen LogP contribution in [0.3, 0.4) is 0 Å². The molecule has 0 radical (unpaired) electrons. The third-order valence-corrected chi connectivity index (χ3v) is 3.31. The predicted octanol–water partition coefficient (Wildman–Crippen LogP) is 0.914. The number of hydrogen-bond acceptors (Lipinski definition) is 5. The number of nitrogens with one attached hydrogen (secondary N) is 1. The standard InChI is InChI=1S/C13H15N3O2/c1-16-5-4-14-11(7-16)13(17)9-2-3-10-12(6-9)18-8-15-10/h2-3,6,8,11,14H,4-5,7H2,1H3. The van der Waals surface area contributed by atoms with Gasteiger partial charge in [-0.1, -0.05) is 0 Å². The average Bonchev–Trinajstić information content (AvgIpc) is 2.85. The highest BCUT2D eigenvalue weighted by Gasteiger charge is 2.24. The first-order chi connectivity index (χ1) is 8.74. The molecule has 1 atom stereocenters. The van der Waals surface area contributed by atoms with Crippen LogP contribution in [-0.4, -0.2) is 48.4 Å². The third kappa shape index (κ3) is 2.02. The minimum Gasteiger partial charge on any atom is -0.443 e. The zero-order valence-electron chi connectivity index (χ0n) is 10.2. The molecular weight excluding hydrogens is 230 g/mol. The second kappa shape index (κ2) is 4.51. The Morgan fingerprint density at radius 3 is 3.28 bits per heavy atom. The zero-order chi connectivity index (χ0) is 12.5. The van der Waals surface area contributed by atoms with Gasteiger partial charge in [0.2, 0.25) is 0 Å². The molecule has 1 N–H and O–H groups in total. The van der Waals surface area contributed by atoms with Gasteiger partial charge in [-0.3, -0.25) is 4.79 Å². The van der Waals surface area contributed by atoms with Crippen LogP contribution in [0.2, 0.25) is 0 Å². The molecule has 1 aliphatic rings. The maximum Gasteiger partial charge on any atom is 0.181 e. The first-order valence-corrected chi connectivity index (χ1v) is 6.03. The molecule has 0 amide bonds. The van der Waals surface area contributed by atoms with Gasteiger partial charge in [0.05, 0.1) is 6.04 Å². The molecule has 5 heteroatoms. The number of fused-ring (bicyclic) bond motifs is 1. The summed E-state index contributed by atoms with van der Waals surface area (Å²) in [4.78, 5) is 18.6. The van der Waals surface area contributed by atoms with Crippen molar-refractivity contribution in [1.82, 2.24) is 15.2 Å². The summed E-state index contributed by atoms with van der Waals surface area (Å²) in [5.74, 6) is 0.111. The van der Waals surface area contributed by atoms with Gasteiger partial charge in [0.25, 0.3) is 0 Å². The predicted molar refractivity (Wildman–Crippen MR) is 67.6 cm³/mol. The van der Waals surface area contributed by atoms with Crippen molar-refractivity contribution in [3.63, 3.8) is 0 Å². The minimum absolute atomic E-state index is 0.111. The van der Waals surface area contributed by atoms with Gasteiger partial charge >= 0.3 is 0 Å². The number of carbonyl (C=O) groups is 1. The normalized spacial score (nSPS) is 21.3. The van der Waals surface area contributed by atoms with E-state index in [-0.39, 0.29) is 11.8 Å². The summed E-state index contributed by atoms with van der Waals surface area (Å²) >= 11 is 0. The van der Waals surface area contributed by atoms with E-state index in [0.717, 1.165) is 25.2 Å². The van der Waals surface area contributed by atoms with Crippen LogP contribution in [0.15, 0.2) is 29.0 Å². The summed E-state index contributed by atoms with van der Waals surface area (Å²) in [5, 5.41) is 3.25. The van der Waals surface area contributed by atoms with Crippen LogP contribution in [0.25, 0.3) is 11.1 Å². The highest BCUT2D eigenvalue weighted by molar-refractivity contribution is 6.02. The number of carbonyl (C=O) groups excluding carboxylic acids is 1. The monoisotopic (exact) mass is 245 g/mol. The van der Waals surface area contributed by atoms with E-state index in [0.29, 0.717) is 11.1 Å². The number of hydrogen-bond donors (Lipinski definition) is 1. The SMILES string of the molecule is CN1CCNC(C(=O)c2ccc3ncoc3c2)C1. The molecule has 3 rings (SSSR count). The number of likely N-dealkylation sites (N-methyl/N-ethyl adjacent to an activating group) is 1. The Morgan fingerprint density at radius 2 is 2.44 bits per heavy atom. The smallest absolute Gasteiger partial charge is 0.181 e. The van der Waals surface area contributed by atoms with E-state index in [1.165, 1.54) is 6.39 Å². The topological polar surface area (TPSA) is 58.4 Å². The molecule has 2 heterocycles. The van der Waals surface area contributed by atoms with E-state index in [2.05, 4.69) is 15.2 Å². The van der Waals surface area contributed by atoms with Gasteiger partial charge in [-0.05, 0) is 25.2 Å². The number of aromatic nitrogens is 1. The number of Topliss-reactive ketones (excluding diaryl/α,β-unsaturated/α-hetero) is 1. The summed E-state index contributed by atoms with van der Waals surface area (Å²) in [7, 11) is 2.03. The molecule has 1 aromatic heterocycles. The van der Waals surface area contributed by atoms with Crippen LogP contribution in [0.5, 0.6) is 0 Å². The molecule has 2 aromatic rings. The fraction of sp³-hybridized carbons (Fsp3) is 0.385. The summed E-state index contributed by atoms with van der Waals surface area (Å²) in [6.07, 6.45) is 1.39. The first-order valence-electron chi connectivity index (χ1n) is 6.03. The molecule has 0 bridgehead atoms. The van der Waals surface area contributed by atoms with Crippen LogP contribution >= 0.6 is 0 Å². The molecule has 0 saturated carbocycles. The van der Waals surface area contributed by atoms with E-state index in [9.17, 15) is 4.79 Å². The Kier molecular flexibility index (Phi) is 2.85. The van der Waals surface area contributed by atoms with Crippen molar-refractivity contribution in [2.24, 2.45) is 0 Å². The van der Waals surface area contributed by atoms with Crippen LogP contribution < -0.4 is 5.32 Å². The Morgan fingerprint density at radius 1 is 1.56 bits per heavy atom. The molecule has 1 unspecified atom stereocenters. The van der Waals surface area contributed by atoms with Crippen molar-refractivity contribution in [2.75, 3.05) is 26.7 Å². The number of oxazole rings is 1. The molecule has 1 aliphatic heterocycles. The van der Waals surface area contributed by atoms with Crippen LogP contribution in [0, 0.1) is 0 Å². The summed E-state index contributed by atoms with van der Waals surface area (Å²) in [5.41, 5.74) is 2.11. The van der Waals surface area contributed by atoms with Gasteiger partial charge in [0.1, 0.15) is 5.52 Å². The Hall–Kier alpha value is -1.72. The van der Waals surface area contributed by atoms with Crippen molar-refractivity contribution in [3.05, 3.63) is 30.2 Å². The fourth-order valence-corrected chi connectivity index (χ4v) is 2.28. The molecule has 5 nitrogen and oxygen atoms in total. The molecule has 1 saturated heterocycles. The number of benzene rings is 1. The summed E-state index contributed by atoms with van der Waals surface area (Å²) in [6, 6.07) is 5.26. The Bertz CT molecular complexity index is 578. The number of nitrogens with zero attached hydrogens (tertiary/aromatic N) is 2. The van der Waals surface area contributed by atoms with Crippen molar-refractivity contribution in [2.45, 2.75) is 6.04 Å². The fourth-order valence-electron chi connectivity index (χ4n) is 2.28. The van der Waals surface area contributed by atoms with E-state index in [1.54, 1.807) is 6.07 Å². The molecule has 94 valence electrons. The number of rotatable bonds is 2. The van der Waals surface area contributed by atoms with Crippen LogP contribution in [-0.2, 0) is 0 Å². The van der Waals surface area contributed by atoms with Crippen molar-refractivity contribution in [1.29, 1.82) is 0 Å². The number of ketones is 1. The van der Waals surface area contributed by atoms with Crippen LogP contribution in [0.1, 0.15) is 10.4 Å². The highest BCUT2D eigenvalue weighted by Crippen LogP contribution is 2.16. The van der Waals surface area contributed by atoms with Gasteiger partial charge in [0, 0.05) is 25.2 Å². The van der Waals surface area contributed by atoms with Gasteiger partial charge in [0.15, 0.2) is 17.8 Å². The lowest BCUT2D eigenvalue weighted by molar-refractivity contribution is 0.0894. The molecule has 0 aliphatic carbocycles. The average molecular weight is 245 g/mol. The lowest BCUT2D eigenvalue weighted by atomic mass is 10.0. The molecular formula is C13H15N3O2. The van der Waals surface area contributed by atoms with Gasteiger partial charge in [-0.2, -0.15) is 0 Å². The number of piperazine rings is 1. The lowest BCUT2D eigenvalue weighted by Gasteiger charge is -2.29. The highest BCUT2D eigenvalue weighted by atomic mass is 16.3. The van der Waals surface area contributed by atoms with Crippen molar-refractivity contribution >= 4 is 16.9 Å². The van der Waals surface area contributed by atoms with Gasteiger partial charge in [-0.25, -0.2) is 4.98 Å². The lowest BCUT2D eigenvalue weighted by Crippen LogP contribution is -2.52. The zero-order valence-corrected chi connectivity index (χ0v) is 10.2. The quantitative estimate of drug-likeness (QED) is 0.797. The maximum atomic E-state index is 12.4. The van der Waals surface area contributed by atoms with Crippen molar-refractivity contribution in [3.8, 4) is 0 Å². The van der Waals surface area contributed by atoms with Gasteiger partial charge in [-0.15, -0.1) is 0 Å². The molecule has 1 aromatic carbocycles. The third-order valence-electron chi connectivity index (χ3n) is 3.31. The Labute approximate surface area is 105 Å². The molecule has 18 heavy (non-hydrogen) atoms. The van der Waals surface area contributed by atoms with E-state index in [4.69, 9.17) is 4.42 Å². The Balaban J connectivity index is 1.86. The second-order valence-electron chi connectivity index (χ2n) is 4.67. The first kappa shape index (κ1) is 11.4. The van der Waals surface area contributed by atoms with E-state index < -0.39 is 0 Å². The maximum absolute atomic E-state index is 12.4. The molecule has 0 spiro atoms. The minimum atomic E-state index is -0.135. The second-order valence-corrected chi connectivity index (χ2v) is 4.67.